The molecule has 0 amide bonds. The third kappa shape index (κ3) is 3.39. The molecule has 1 atom stereocenters. The van der Waals surface area contributed by atoms with E-state index in [0.29, 0.717) is 6.42 Å². The Labute approximate surface area is 121 Å². The van der Waals surface area contributed by atoms with E-state index in [2.05, 4.69) is 22.9 Å². The van der Waals surface area contributed by atoms with Crippen molar-refractivity contribution in [3.8, 4) is 5.75 Å². The predicted octanol–water partition coefficient (Wildman–Crippen LogP) is 3.86. The number of rotatable bonds is 5. The zero-order valence-corrected chi connectivity index (χ0v) is 12.7. The minimum absolute atomic E-state index is 0.149. The first kappa shape index (κ1) is 14.2. The maximum absolute atomic E-state index is 6.20. The lowest BCUT2D eigenvalue weighted by molar-refractivity contribution is 0.412. The molecule has 1 aromatic heterocycles. The van der Waals surface area contributed by atoms with Gasteiger partial charge in [-0.15, -0.1) is 0 Å². The van der Waals surface area contributed by atoms with Crippen molar-refractivity contribution in [1.82, 2.24) is 0 Å². The van der Waals surface area contributed by atoms with Crippen molar-refractivity contribution in [2.45, 2.75) is 25.8 Å². The Morgan fingerprint density at radius 3 is 2.74 bits per heavy atom. The van der Waals surface area contributed by atoms with Gasteiger partial charge in [0.05, 0.1) is 13.2 Å². The van der Waals surface area contributed by atoms with E-state index >= 15 is 0 Å². The molecule has 0 saturated heterocycles. The topological polar surface area (TPSA) is 48.4 Å². The minimum Gasteiger partial charge on any atom is -0.497 e. The molecule has 0 spiro atoms. The molecule has 2 aromatic rings. The van der Waals surface area contributed by atoms with E-state index in [0.717, 1.165) is 33.7 Å². The van der Waals surface area contributed by atoms with Gasteiger partial charge in [0, 0.05) is 10.9 Å². The number of methoxy groups -OCH3 is 1. The molecule has 3 nitrogen and oxygen atoms in total. The SMILES string of the molecule is CCc1ccc(C(N)Cc2cc(OC)ccc2Br)o1. The molecule has 4 heteroatoms. The van der Waals surface area contributed by atoms with Gasteiger partial charge in [0.15, 0.2) is 0 Å². The standard InChI is InChI=1S/C15H18BrNO2/c1-3-11-5-7-15(19-11)14(17)9-10-8-12(18-2)4-6-13(10)16/h4-8,14H,3,9,17H2,1-2H3. The average Bonchev–Trinajstić information content (AvgIpc) is 2.90. The van der Waals surface area contributed by atoms with Crippen LogP contribution < -0.4 is 10.5 Å². The molecule has 2 N–H and O–H groups in total. The van der Waals surface area contributed by atoms with Crippen molar-refractivity contribution in [1.29, 1.82) is 0 Å². The summed E-state index contributed by atoms with van der Waals surface area (Å²) in [5.74, 6) is 2.63. The van der Waals surface area contributed by atoms with Crippen LogP contribution in [0.1, 0.15) is 30.0 Å². The lowest BCUT2D eigenvalue weighted by atomic mass is 10.0. The van der Waals surface area contributed by atoms with Crippen LogP contribution in [0.15, 0.2) is 39.2 Å². The first-order chi connectivity index (χ1) is 9.13. The number of hydrogen-bond donors (Lipinski definition) is 1. The number of hydrogen-bond acceptors (Lipinski definition) is 3. The Morgan fingerprint density at radius 1 is 1.32 bits per heavy atom. The Morgan fingerprint density at radius 2 is 2.11 bits per heavy atom. The molecule has 2 rings (SSSR count). The minimum atomic E-state index is -0.149. The summed E-state index contributed by atoms with van der Waals surface area (Å²) in [4.78, 5) is 0. The molecule has 0 bridgehead atoms. The second kappa shape index (κ2) is 6.26. The van der Waals surface area contributed by atoms with Gasteiger partial charge in [0.25, 0.3) is 0 Å². The van der Waals surface area contributed by atoms with E-state index < -0.39 is 0 Å². The van der Waals surface area contributed by atoms with Crippen LogP contribution in [0.3, 0.4) is 0 Å². The summed E-state index contributed by atoms with van der Waals surface area (Å²) in [5, 5.41) is 0. The lowest BCUT2D eigenvalue weighted by Gasteiger charge is -2.12. The van der Waals surface area contributed by atoms with Gasteiger partial charge in [-0.3, -0.25) is 0 Å². The third-order valence-corrected chi connectivity index (χ3v) is 3.86. The van der Waals surface area contributed by atoms with Gasteiger partial charge in [0.1, 0.15) is 17.3 Å². The molecule has 102 valence electrons. The molecule has 1 unspecified atom stereocenters. The predicted molar refractivity (Wildman–Crippen MR) is 79.4 cm³/mol. The first-order valence-corrected chi connectivity index (χ1v) is 7.10. The van der Waals surface area contributed by atoms with E-state index in [1.807, 2.05) is 30.3 Å². The Bertz CT molecular complexity index is 551. The van der Waals surface area contributed by atoms with E-state index in [-0.39, 0.29) is 6.04 Å². The first-order valence-electron chi connectivity index (χ1n) is 6.30. The zero-order chi connectivity index (χ0) is 13.8. The molecule has 0 fully saturated rings. The van der Waals surface area contributed by atoms with Crippen LogP contribution in [0.5, 0.6) is 5.75 Å². The number of ether oxygens (including phenoxy) is 1. The second-order valence-electron chi connectivity index (χ2n) is 4.43. The van der Waals surface area contributed by atoms with Crippen LogP contribution in [0.4, 0.5) is 0 Å². The Kier molecular flexibility index (Phi) is 4.66. The molecule has 0 aliphatic rings. The summed E-state index contributed by atoms with van der Waals surface area (Å²) in [6.45, 7) is 2.06. The van der Waals surface area contributed by atoms with Crippen LogP contribution in [0, 0.1) is 0 Å². The number of aryl methyl sites for hydroxylation is 1. The van der Waals surface area contributed by atoms with Crippen molar-refractivity contribution >= 4 is 15.9 Å². The second-order valence-corrected chi connectivity index (χ2v) is 5.28. The molecule has 1 aromatic carbocycles. The molecular weight excluding hydrogens is 306 g/mol. The smallest absolute Gasteiger partial charge is 0.121 e. The Hall–Kier alpha value is -1.26. The van der Waals surface area contributed by atoms with E-state index in [1.165, 1.54) is 0 Å². The highest BCUT2D eigenvalue weighted by Crippen LogP contribution is 2.27. The van der Waals surface area contributed by atoms with Crippen LogP contribution in [0.25, 0.3) is 0 Å². The van der Waals surface area contributed by atoms with Gasteiger partial charge in [-0.1, -0.05) is 22.9 Å². The molecule has 1 heterocycles. The maximum Gasteiger partial charge on any atom is 0.121 e. The summed E-state index contributed by atoms with van der Waals surface area (Å²) >= 11 is 3.54. The number of furan rings is 1. The summed E-state index contributed by atoms with van der Waals surface area (Å²) in [6.07, 6.45) is 1.59. The van der Waals surface area contributed by atoms with Gasteiger partial charge >= 0.3 is 0 Å². The molecule has 19 heavy (non-hydrogen) atoms. The fraction of sp³-hybridized carbons (Fsp3) is 0.333. The lowest BCUT2D eigenvalue weighted by Crippen LogP contribution is -2.12. The quantitative estimate of drug-likeness (QED) is 0.909. The number of halogens is 1. The van der Waals surface area contributed by atoms with Crippen LogP contribution in [0.2, 0.25) is 0 Å². The van der Waals surface area contributed by atoms with Crippen molar-refractivity contribution in [3.63, 3.8) is 0 Å². The Balaban J connectivity index is 2.15. The average molecular weight is 324 g/mol. The monoisotopic (exact) mass is 323 g/mol. The third-order valence-electron chi connectivity index (χ3n) is 3.09. The molecule has 0 aliphatic carbocycles. The van der Waals surface area contributed by atoms with Crippen molar-refractivity contribution in [2.75, 3.05) is 7.11 Å². The largest absolute Gasteiger partial charge is 0.497 e. The van der Waals surface area contributed by atoms with Crippen molar-refractivity contribution in [2.24, 2.45) is 5.73 Å². The van der Waals surface area contributed by atoms with Crippen LogP contribution >= 0.6 is 15.9 Å². The highest BCUT2D eigenvalue weighted by molar-refractivity contribution is 9.10. The fourth-order valence-electron chi connectivity index (χ4n) is 1.96. The fourth-order valence-corrected chi connectivity index (χ4v) is 2.36. The molecule has 0 aliphatic heterocycles. The van der Waals surface area contributed by atoms with Gasteiger partial charge in [-0.05, 0) is 42.3 Å². The van der Waals surface area contributed by atoms with E-state index in [4.69, 9.17) is 14.9 Å². The summed E-state index contributed by atoms with van der Waals surface area (Å²) in [5.41, 5.74) is 7.31. The van der Waals surface area contributed by atoms with Gasteiger partial charge in [-0.2, -0.15) is 0 Å². The molecule has 0 radical (unpaired) electrons. The van der Waals surface area contributed by atoms with E-state index in [9.17, 15) is 0 Å². The highest BCUT2D eigenvalue weighted by Gasteiger charge is 2.13. The molecular formula is C15H18BrNO2. The van der Waals surface area contributed by atoms with Gasteiger partial charge < -0.3 is 14.9 Å². The van der Waals surface area contributed by atoms with Crippen molar-refractivity contribution < 1.29 is 9.15 Å². The summed E-state index contributed by atoms with van der Waals surface area (Å²) in [7, 11) is 1.66. The number of benzene rings is 1. The van der Waals surface area contributed by atoms with Crippen LogP contribution in [-0.2, 0) is 12.8 Å². The maximum atomic E-state index is 6.20. The van der Waals surface area contributed by atoms with E-state index in [1.54, 1.807) is 7.11 Å². The van der Waals surface area contributed by atoms with Gasteiger partial charge in [0.2, 0.25) is 0 Å². The summed E-state index contributed by atoms with van der Waals surface area (Å²) in [6, 6.07) is 9.67. The van der Waals surface area contributed by atoms with Crippen molar-refractivity contribution in [3.05, 3.63) is 51.9 Å². The highest BCUT2D eigenvalue weighted by atomic mass is 79.9. The normalized spacial score (nSPS) is 12.4. The number of nitrogens with two attached hydrogens (primary N) is 1. The van der Waals surface area contributed by atoms with Crippen LogP contribution in [-0.4, -0.2) is 7.11 Å². The summed E-state index contributed by atoms with van der Waals surface area (Å²) < 4.78 is 12.0. The zero-order valence-electron chi connectivity index (χ0n) is 11.2. The molecule has 0 saturated carbocycles. The van der Waals surface area contributed by atoms with Gasteiger partial charge in [-0.25, -0.2) is 0 Å².